The molecule has 3 aromatic rings. The van der Waals surface area contributed by atoms with E-state index in [-0.39, 0.29) is 18.1 Å². The summed E-state index contributed by atoms with van der Waals surface area (Å²) >= 11 is 0. The van der Waals surface area contributed by atoms with Crippen molar-refractivity contribution >= 4 is 29.2 Å². The van der Waals surface area contributed by atoms with Gasteiger partial charge >= 0.3 is 0 Å². The van der Waals surface area contributed by atoms with Crippen LogP contribution in [0.5, 0.6) is 11.5 Å². The highest BCUT2D eigenvalue weighted by atomic mass is 16.5. The monoisotopic (exact) mass is 429 g/mol. The lowest BCUT2D eigenvalue weighted by molar-refractivity contribution is -0.118. The molecule has 32 heavy (non-hydrogen) atoms. The van der Waals surface area contributed by atoms with Gasteiger partial charge in [0.05, 0.1) is 12.0 Å². The Labute approximate surface area is 187 Å². The Morgan fingerprint density at radius 3 is 2.34 bits per heavy atom. The smallest absolute Gasteiger partial charge is 0.232 e. The molecule has 2 aromatic carbocycles. The van der Waals surface area contributed by atoms with Crippen molar-refractivity contribution in [1.82, 2.24) is 16.1 Å². The minimum absolute atomic E-state index is 0. The summed E-state index contributed by atoms with van der Waals surface area (Å²) in [7, 11) is 0. The lowest BCUT2D eigenvalue weighted by atomic mass is 10.0. The van der Waals surface area contributed by atoms with Crippen molar-refractivity contribution in [3.05, 3.63) is 72.1 Å². The van der Waals surface area contributed by atoms with Crippen LogP contribution < -0.4 is 21.5 Å². The number of fused-ring (bicyclic) bond motifs is 1. The molecule has 0 saturated heterocycles. The summed E-state index contributed by atoms with van der Waals surface area (Å²) in [5.41, 5.74) is 8.79. The first-order valence-corrected chi connectivity index (χ1v) is 10.7. The third kappa shape index (κ3) is 4.20. The molecule has 0 atom stereocenters. The highest BCUT2D eigenvalue weighted by molar-refractivity contribution is 6.07. The predicted octanol–water partition coefficient (Wildman–Crippen LogP) is 5.23. The molecule has 1 fully saturated rings. The molecule has 0 unspecified atom stereocenters. The molecule has 5 rings (SSSR count). The van der Waals surface area contributed by atoms with Crippen molar-refractivity contribution in [2.24, 2.45) is 0 Å². The molecule has 7 nitrogen and oxygen atoms in total. The third-order valence-electron chi connectivity index (χ3n) is 5.94. The second-order valence-corrected chi connectivity index (χ2v) is 7.98. The van der Waals surface area contributed by atoms with Crippen LogP contribution in [0.4, 0.5) is 11.6 Å². The normalized spacial score (nSPS) is 16.1. The zero-order chi connectivity index (χ0) is 21.2. The van der Waals surface area contributed by atoms with Crippen molar-refractivity contribution in [1.29, 1.82) is 0 Å². The molecule has 1 saturated carbocycles. The molecule has 0 bridgehead atoms. The van der Waals surface area contributed by atoms with Gasteiger partial charge in [0.1, 0.15) is 29.5 Å². The molecule has 1 aliphatic heterocycles. The van der Waals surface area contributed by atoms with E-state index in [4.69, 9.17) is 10.5 Å². The summed E-state index contributed by atoms with van der Waals surface area (Å²) in [4.78, 5) is 23.8. The van der Waals surface area contributed by atoms with E-state index in [1.807, 2.05) is 65.6 Å². The summed E-state index contributed by atoms with van der Waals surface area (Å²) in [6.07, 6.45) is 7.96. The summed E-state index contributed by atoms with van der Waals surface area (Å²) in [5.74, 6) is 2.60. The van der Waals surface area contributed by atoms with Crippen LogP contribution in [-0.4, -0.2) is 21.9 Å². The van der Waals surface area contributed by atoms with Crippen LogP contribution >= 0.6 is 0 Å². The highest BCUT2D eigenvalue weighted by Gasteiger charge is 2.33. The topological polar surface area (TPSA) is 116 Å². The fourth-order valence-electron chi connectivity index (χ4n) is 4.41. The van der Waals surface area contributed by atoms with Gasteiger partial charge in [-0.1, -0.05) is 43.2 Å². The quantitative estimate of drug-likeness (QED) is 0.586. The average molecular weight is 430 g/mol. The van der Waals surface area contributed by atoms with Gasteiger partial charge in [-0.2, -0.15) is 0 Å². The number of nitrogens with zero attached hydrogens (tertiary/aromatic N) is 3. The Kier molecular flexibility index (Phi) is 6.18. The van der Waals surface area contributed by atoms with E-state index in [0.717, 1.165) is 53.9 Å². The van der Waals surface area contributed by atoms with Crippen LogP contribution in [-0.2, 0) is 4.79 Å². The lowest BCUT2D eigenvalue weighted by Gasteiger charge is -2.28. The van der Waals surface area contributed by atoms with Crippen molar-refractivity contribution in [2.75, 3.05) is 10.6 Å². The second kappa shape index (κ2) is 9.20. The molecular weight excluding hydrogens is 402 g/mol. The standard InChI is InChI=1S/C25H24N4O2.H3N/c26-24-22-14-18(17-10-12-21(13-11-17)31-20-8-2-1-3-9-20)15-23(30)29(19-6-4-5-7-19)25(22)28-16-27-24;/h1-3,8-14,16,19H,4-7,15H2,(H2,26,27,28);1H3. The van der Waals surface area contributed by atoms with Crippen molar-refractivity contribution < 1.29 is 9.53 Å². The number of hydrogen-bond donors (Lipinski definition) is 2. The lowest BCUT2D eigenvalue weighted by Crippen LogP contribution is -2.39. The number of aromatic nitrogens is 2. The first kappa shape index (κ1) is 21.5. The van der Waals surface area contributed by atoms with E-state index in [9.17, 15) is 4.79 Å². The summed E-state index contributed by atoms with van der Waals surface area (Å²) in [5, 5.41) is 0. The van der Waals surface area contributed by atoms with Crippen LogP contribution in [0.25, 0.3) is 11.6 Å². The molecule has 0 radical (unpaired) electrons. The van der Waals surface area contributed by atoms with Crippen molar-refractivity contribution in [2.45, 2.75) is 38.1 Å². The Hall–Kier alpha value is -3.71. The maximum atomic E-state index is 13.3. The first-order valence-electron chi connectivity index (χ1n) is 10.7. The first-order chi connectivity index (χ1) is 15.2. The summed E-state index contributed by atoms with van der Waals surface area (Å²) in [6.45, 7) is 0. The summed E-state index contributed by atoms with van der Waals surface area (Å²) < 4.78 is 5.89. The average Bonchev–Trinajstić information content (AvgIpc) is 3.26. The van der Waals surface area contributed by atoms with Crippen LogP contribution in [0.1, 0.15) is 43.2 Å². The van der Waals surface area contributed by atoms with Crippen LogP contribution in [0.3, 0.4) is 0 Å². The Morgan fingerprint density at radius 1 is 0.938 bits per heavy atom. The number of ether oxygens (including phenoxy) is 1. The minimum atomic E-state index is 0. The number of para-hydroxylation sites is 1. The van der Waals surface area contributed by atoms with Gasteiger partial charge in [-0.3, -0.25) is 9.69 Å². The number of nitrogens with two attached hydrogens (primary N) is 1. The van der Waals surface area contributed by atoms with Crippen molar-refractivity contribution in [3.63, 3.8) is 0 Å². The Bertz CT molecular complexity index is 1120. The van der Waals surface area contributed by atoms with E-state index < -0.39 is 0 Å². The molecule has 1 amide bonds. The second-order valence-electron chi connectivity index (χ2n) is 7.98. The zero-order valence-corrected chi connectivity index (χ0v) is 17.9. The number of hydrogen-bond acceptors (Lipinski definition) is 6. The maximum absolute atomic E-state index is 13.3. The Morgan fingerprint density at radius 2 is 1.62 bits per heavy atom. The number of nitrogen functional groups attached to an aromatic ring is 1. The third-order valence-corrected chi connectivity index (χ3v) is 5.94. The fourth-order valence-corrected chi connectivity index (χ4v) is 4.41. The Balaban J connectivity index is 0.00000245. The molecule has 5 N–H and O–H groups in total. The number of anilines is 2. The van der Waals surface area contributed by atoms with Gasteiger partial charge in [-0.25, -0.2) is 9.97 Å². The molecule has 2 aliphatic rings. The molecule has 1 aliphatic carbocycles. The SMILES string of the molecule is N.Nc1ncnc2c1C=C(c1ccc(Oc3ccccc3)cc1)CC(=O)N2C1CCCC1. The number of carbonyl (C=O) groups is 1. The predicted molar refractivity (Wildman–Crippen MR) is 127 cm³/mol. The van der Waals surface area contributed by atoms with E-state index in [1.165, 1.54) is 6.33 Å². The molecule has 1 aromatic heterocycles. The fraction of sp³-hybridized carbons (Fsp3) is 0.240. The number of rotatable bonds is 4. The van der Waals surface area contributed by atoms with E-state index in [2.05, 4.69) is 9.97 Å². The molecule has 0 spiro atoms. The number of benzene rings is 2. The van der Waals surface area contributed by atoms with Gasteiger partial charge < -0.3 is 16.6 Å². The van der Waals surface area contributed by atoms with Gasteiger partial charge in [-0.05, 0) is 54.3 Å². The molecule has 2 heterocycles. The molecular formula is C25H27N5O2. The van der Waals surface area contributed by atoms with Crippen LogP contribution in [0.15, 0.2) is 60.9 Å². The van der Waals surface area contributed by atoms with Gasteiger partial charge in [0.15, 0.2) is 0 Å². The van der Waals surface area contributed by atoms with Gasteiger partial charge in [0, 0.05) is 6.04 Å². The largest absolute Gasteiger partial charge is 0.457 e. The number of carbonyl (C=O) groups excluding carboxylic acids is 1. The highest BCUT2D eigenvalue weighted by Crippen LogP contribution is 2.38. The van der Waals surface area contributed by atoms with Crippen LogP contribution in [0.2, 0.25) is 0 Å². The van der Waals surface area contributed by atoms with E-state index in [1.54, 1.807) is 0 Å². The van der Waals surface area contributed by atoms with Gasteiger partial charge in [0.2, 0.25) is 5.91 Å². The maximum Gasteiger partial charge on any atom is 0.232 e. The van der Waals surface area contributed by atoms with E-state index >= 15 is 0 Å². The number of amides is 1. The van der Waals surface area contributed by atoms with Gasteiger partial charge in [-0.15, -0.1) is 0 Å². The van der Waals surface area contributed by atoms with Gasteiger partial charge in [0.25, 0.3) is 0 Å². The molecule has 164 valence electrons. The zero-order valence-electron chi connectivity index (χ0n) is 17.9. The summed E-state index contributed by atoms with van der Waals surface area (Å²) in [6, 6.07) is 17.6. The van der Waals surface area contributed by atoms with Crippen molar-refractivity contribution in [3.8, 4) is 11.5 Å². The van der Waals surface area contributed by atoms with Crippen LogP contribution in [0, 0.1) is 0 Å². The minimum Gasteiger partial charge on any atom is -0.457 e. The molecule has 7 heteroatoms. The van der Waals surface area contributed by atoms with E-state index in [0.29, 0.717) is 18.1 Å².